The second-order valence-corrected chi connectivity index (χ2v) is 4.07. The molecular weight excluding hydrogens is 248 g/mol. The minimum Gasteiger partial charge on any atom is -0.463 e. The van der Waals surface area contributed by atoms with E-state index >= 15 is 0 Å². The molecule has 98 valence electrons. The molecule has 0 fully saturated rings. The third kappa shape index (κ3) is 2.52. The van der Waals surface area contributed by atoms with E-state index in [-0.39, 0.29) is 0 Å². The number of ketones is 2. The molecule has 6 nitrogen and oxygen atoms in total. The Morgan fingerprint density at radius 3 is 2.74 bits per heavy atom. The number of ether oxygens (including phenoxy) is 1. The molecule has 1 heterocycles. The van der Waals surface area contributed by atoms with Crippen LogP contribution in [0.4, 0.5) is 0 Å². The Labute approximate surface area is 109 Å². The Kier molecular flexibility index (Phi) is 3.41. The summed E-state index contributed by atoms with van der Waals surface area (Å²) >= 11 is 0. The number of hydrogen-bond acceptors (Lipinski definition) is 5. The van der Waals surface area contributed by atoms with Gasteiger partial charge in [-0.2, -0.15) is 0 Å². The first-order valence-corrected chi connectivity index (χ1v) is 5.58. The predicted molar refractivity (Wildman–Crippen MR) is 66.7 cm³/mol. The summed E-state index contributed by atoms with van der Waals surface area (Å²) in [5.41, 5.74) is 1.90. The molecular formula is C13H12N2O4. The van der Waals surface area contributed by atoms with Gasteiger partial charge < -0.3 is 9.30 Å². The second-order valence-electron chi connectivity index (χ2n) is 4.07. The number of nitrogens with zero attached hydrogens (tertiary/aromatic N) is 2. The molecule has 0 atom stereocenters. The standard InChI is InChI=1S/C13H12N2O4/c1-15-7-14-9-5-8(3-4-10(9)15)11(16)6-12(17)13(18)19-2/h3-5,7H,6H2,1-2H3. The van der Waals surface area contributed by atoms with E-state index < -0.39 is 24.0 Å². The molecule has 1 aromatic carbocycles. The van der Waals surface area contributed by atoms with E-state index in [1.807, 2.05) is 11.6 Å². The Morgan fingerprint density at radius 1 is 1.32 bits per heavy atom. The summed E-state index contributed by atoms with van der Waals surface area (Å²) in [4.78, 5) is 38.3. The predicted octanol–water partition coefficient (Wildman–Crippen LogP) is 0.888. The number of aryl methyl sites for hydroxylation is 1. The lowest BCUT2D eigenvalue weighted by atomic mass is 10.1. The molecule has 0 radical (unpaired) electrons. The Balaban J connectivity index is 2.22. The van der Waals surface area contributed by atoms with Gasteiger partial charge in [-0.05, 0) is 18.2 Å². The van der Waals surface area contributed by atoms with Crippen molar-refractivity contribution in [3.8, 4) is 0 Å². The number of benzene rings is 1. The van der Waals surface area contributed by atoms with Gasteiger partial charge in [0.2, 0.25) is 5.78 Å². The summed E-state index contributed by atoms with van der Waals surface area (Å²) < 4.78 is 6.09. The van der Waals surface area contributed by atoms with E-state index in [9.17, 15) is 14.4 Å². The van der Waals surface area contributed by atoms with Crippen molar-refractivity contribution in [2.75, 3.05) is 7.11 Å². The van der Waals surface area contributed by atoms with E-state index in [4.69, 9.17) is 0 Å². The molecule has 0 amide bonds. The highest BCUT2D eigenvalue weighted by molar-refractivity contribution is 6.38. The van der Waals surface area contributed by atoms with Gasteiger partial charge in [-0.15, -0.1) is 0 Å². The van der Waals surface area contributed by atoms with Gasteiger partial charge >= 0.3 is 5.97 Å². The van der Waals surface area contributed by atoms with Gasteiger partial charge in [0.1, 0.15) is 0 Å². The van der Waals surface area contributed by atoms with Crippen LogP contribution in [0.5, 0.6) is 0 Å². The van der Waals surface area contributed by atoms with Crippen molar-refractivity contribution >= 4 is 28.6 Å². The van der Waals surface area contributed by atoms with Crippen LogP contribution in [0.3, 0.4) is 0 Å². The van der Waals surface area contributed by atoms with Crippen LogP contribution in [-0.4, -0.2) is 34.2 Å². The third-order valence-corrected chi connectivity index (χ3v) is 2.78. The Morgan fingerprint density at radius 2 is 2.05 bits per heavy atom. The maximum atomic E-state index is 11.9. The first-order valence-electron chi connectivity index (χ1n) is 5.58. The normalized spacial score (nSPS) is 10.4. The van der Waals surface area contributed by atoms with Crippen LogP contribution in [0.2, 0.25) is 0 Å². The Hall–Kier alpha value is -2.50. The molecule has 19 heavy (non-hydrogen) atoms. The van der Waals surface area contributed by atoms with Crippen LogP contribution in [0.1, 0.15) is 16.8 Å². The van der Waals surface area contributed by atoms with Crippen LogP contribution in [0, 0.1) is 0 Å². The number of esters is 1. The number of carbonyl (C=O) groups excluding carboxylic acids is 3. The molecule has 0 saturated carbocycles. The minimum atomic E-state index is -1.01. The summed E-state index contributed by atoms with van der Waals surface area (Å²) in [6.07, 6.45) is 1.14. The molecule has 1 aromatic heterocycles. The van der Waals surface area contributed by atoms with Crippen molar-refractivity contribution in [2.24, 2.45) is 7.05 Å². The van der Waals surface area contributed by atoms with Gasteiger partial charge in [-0.1, -0.05) is 0 Å². The lowest BCUT2D eigenvalue weighted by Crippen LogP contribution is -2.19. The van der Waals surface area contributed by atoms with Crippen molar-refractivity contribution in [3.05, 3.63) is 30.1 Å². The SMILES string of the molecule is COC(=O)C(=O)CC(=O)c1ccc2c(c1)ncn2C. The molecule has 0 N–H and O–H groups in total. The summed E-state index contributed by atoms with van der Waals surface area (Å²) in [6, 6.07) is 4.96. The highest BCUT2D eigenvalue weighted by Crippen LogP contribution is 2.15. The number of rotatable bonds is 4. The smallest absolute Gasteiger partial charge is 0.374 e. The number of imidazole rings is 1. The summed E-state index contributed by atoms with van der Waals surface area (Å²) in [5.74, 6) is -2.29. The Bertz CT molecular complexity index is 672. The van der Waals surface area contributed by atoms with E-state index in [0.717, 1.165) is 12.6 Å². The van der Waals surface area contributed by atoms with Crippen molar-refractivity contribution in [2.45, 2.75) is 6.42 Å². The molecule has 0 saturated heterocycles. The van der Waals surface area contributed by atoms with Crippen LogP contribution in [0.15, 0.2) is 24.5 Å². The topological polar surface area (TPSA) is 78.3 Å². The van der Waals surface area contributed by atoms with Gasteiger partial charge in [-0.3, -0.25) is 9.59 Å². The third-order valence-electron chi connectivity index (χ3n) is 2.78. The first kappa shape index (κ1) is 12.9. The molecule has 0 unspecified atom stereocenters. The largest absolute Gasteiger partial charge is 0.463 e. The van der Waals surface area contributed by atoms with Crippen molar-refractivity contribution in [3.63, 3.8) is 0 Å². The summed E-state index contributed by atoms with van der Waals surface area (Å²) in [6.45, 7) is 0. The zero-order valence-electron chi connectivity index (χ0n) is 10.5. The number of carbonyl (C=O) groups is 3. The van der Waals surface area contributed by atoms with Gasteiger partial charge in [0.25, 0.3) is 0 Å². The van der Waals surface area contributed by atoms with Crippen LogP contribution in [-0.2, 0) is 21.4 Å². The van der Waals surface area contributed by atoms with Crippen molar-refractivity contribution in [1.29, 1.82) is 0 Å². The molecule has 0 aliphatic carbocycles. The number of fused-ring (bicyclic) bond motifs is 1. The highest BCUT2D eigenvalue weighted by Gasteiger charge is 2.19. The maximum absolute atomic E-state index is 11.9. The number of Topliss-reactive ketones (excluding diaryl/α,β-unsaturated/α-hetero) is 2. The minimum absolute atomic E-state index is 0.350. The van der Waals surface area contributed by atoms with Gasteiger partial charge in [0.15, 0.2) is 5.78 Å². The lowest BCUT2D eigenvalue weighted by Gasteiger charge is -2.01. The highest BCUT2D eigenvalue weighted by atomic mass is 16.5. The molecule has 6 heteroatoms. The number of aromatic nitrogens is 2. The van der Waals surface area contributed by atoms with Crippen molar-refractivity contribution < 1.29 is 19.1 Å². The average molecular weight is 260 g/mol. The van der Waals surface area contributed by atoms with Crippen LogP contribution < -0.4 is 0 Å². The molecule has 0 spiro atoms. The fourth-order valence-electron chi connectivity index (χ4n) is 1.74. The van der Waals surface area contributed by atoms with Crippen LogP contribution >= 0.6 is 0 Å². The molecule has 0 aliphatic rings. The van der Waals surface area contributed by atoms with Gasteiger partial charge in [0.05, 0.1) is 30.9 Å². The zero-order chi connectivity index (χ0) is 14.0. The first-order chi connectivity index (χ1) is 9.02. The quantitative estimate of drug-likeness (QED) is 0.353. The van der Waals surface area contributed by atoms with E-state index in [1.54, 1.807) is 24.5 Å². The van der Waals surface area contributed by atoms with E-state index in [2.05, 4.69) is 9.72 Å². The second kappa shape index (κ2) is 5.01. The zero-order valence-corrected chi connectivity index (χ0v) is 10.5. The molecule has 2 aromatic rings. The van der Waals surface area contributed by atoms with Gasteiger partial charge in [0, 0.05) is 12.6 Å². The van der Waals surface area contributed by atoms with Crippen LogP contribution in [0.25, 0.3) is 11.0 Å². The molecule has 2 rings (SSSR count). The fourth-order valence-corrected chi connectivity index (χ4v) is 1.74. The molecule has 0 bridgehead atoms. The fraction of sp³-hybridized carbons (Fsp3) is 0.231. The number of methoxy groups -OCH3 is 1. The summed E-state index contributed by atoms with van der Waals surface area (Å²) in [5, 5.41) is 0. The summed E-state index contributed by atoms with van der Waals surface area (Å²) in [7, 11) is 2.95. The lowest BCUT2D eigenvalue weighted by molar-refractivity contribution is -0.151. The van der Waals surface area contributed by atoms with E-state index in [0.29, 0.717) is 11.1 Å². The maximum Gasteiger partial charge on any atom is 0.374 e. The number of hydrogen-bond donors (Lipinski definition) is 0. The van der Waals surface area contributed by atoms with E-state index in [1.165, 1.54) is 0 Å². The monoisotopic (exact) mass is 260 g/mol. The van der Waals surface area contributed by atoms with Gasteiger partial charge in [-0.25, -0.2) is 9.78 Å². The molecule has 0 aliphatic heterocycles. The van der Waals surface area contributed by atoms with Crippen molar-refractivity contribution in [1.82, 2.24) is 9.55 Å². The average Bonchev–Trinajstić information content (AvgIpc) is 2.78.